The van der Waals surface area contributed by atoms with E-state index in [9.17, 15) is 4.79 Å². The number of hydrogen-bond donors (Lipinski definition) is 1. The normalized spacial score (nSPS) is 18.8. The van der Waals surface area contributed by atoms with Crippen molar-refractivity contribution in [1.82, 2.24) is 20.0 Å². The molecule has 5 heteroatoms. The number of aromatic nitrogens is 2. The molecule has 0 saturated carbocycles. The largest absolute Gasteiger partial charge is 0.348 e. The van der Waals surface area contributed by atoms with Gasteiger partial charge in [0.2, 0.25) is 0 Å². The molecule has 0 radical (unpaired) electrons. The van der Waals surface area contributed by atoms with Crippen molar-refractivity contribution in [3.8, 4) is 0 Å². The molecule has 1 amide bonds. The number of carbonyl (C=O) groups is 1. The molecule has 1 saturated heterocycles. The first-order chi connectivity index (χ1) is 10.2. The molecule has 1 aliphatic heterocycles. The van der Waals surface area contributed by atoms with Gasteiger partial charge in [-0.15, -0.1) is 0 Å². The molecule has 1 unspecified atom stereocenters. The van der Waals surface area contributed by atoms with Crippen molar-refractivity contribution in [2.24, 2.45) is 7.05 Å². The van der Waals surface area contributed by atoms with Crippen LogP contribution in [-0.2, 0) is 13.6 Å². The number of carbonyl (C=O) groups excluding carboxylic acids is 1. The van der Waals surface area contributed by atoms with Gasteiger partial charge >= 0.3 is 0 Å². The van der Waals surface area contributed by atoms with E-state index in [2.05, 4.69) is 39.6 Å². The topological polar surface area (TPSA) is 50.2 Å². The average Bonchev–Trinajstić information content (AvgIpc) is 3.09. The fourth-order valence-electron chi connectivity index (χ4n) is 2.74. The molecule has 1 aliphatic rings. The number of hydrogen-bond acceptors (Lipinski definition) is 3. The standard InChI is InChI=1S/C16H20N4O/c1-19-11-14(9-17-19)16(21)18-15-7-8-20(12-15)10-13-5-3-2-4-6-13/h2-6,9,11,15H,7-8,10,12H2,1H3,(H,18,21). The highest BCUT2D eigenvalue weighted by Crippen LogP contribution is 2.14. The summed E-state index contributed by atoms with van der Waals surface area (Å²) >= 11 is 0. The van der Waals surface area contributed by atoms with Crippen LogP contribution in [0.15, 0.2) is 42.7 Å². The summed E-state index contributed by atoms with van der Waals surface area (Å²) in [6, 6.07) is 10.7. The minimum Gasteiger partial charge on any atom is -0.348 e. The third-order valence-electron chi connectivity index (χ3n) is 3.82. The van der Waals surface area contributed by atoms with E-state index in [0.29, 0.717) is 5.56 Å². The second-order valence-corrected chi connectivity index (χ2v) is 5.58. The highest BCUT2D eigenvalue weighted by molar-refractivity contribution is 5.93. The fourth-order valence-corrected chi connectivity index (χ4v) is 2.74. The van der Waals surface area contributed by atoms with Gasteiger partial charge in [0.05, 0.1) is 11.8 Å². The molecule has 2 aromatic rings. The summed E-state index contributed by atoms with van der Waals surface area (Å²) in [7, 11) is 1.81. The number of nitrogens with one attached hydrogen (secondary N) is 1. The van der Waals surface area contributed by atoms with E-state index in [-0.39, 0.29) is 11.9 Å². The molecule has 1 fully saturated rings. The van der Waals surface area contributed by atoms with Crippen LogP contribution in [-0.4, -0.2) is 39.7 Å². The first kappa shape index (κ1) is 13.8. The first-order valence-corrected chi connectivity index (χ1v) is 7.26. The minimum absolute atomic E-state index is 0.0327. The number of rotatable bonds is 4. The Morgan fingerprint density at radius 2 is 2.19 bits per heavy atom. The van der Waals surface area contributed by atoms with Crippen molar-refractivity contribution in [2.45, 2.75) is 19.0 Å². The summed E-state index contributed by atoms with van der Waals surface area (Å²) in [6.45, 7) is 2.87. The van der Waals surface area contributed by atoms with Crippen molar-refractivity contribution in [2.75, 3.05) is 13.1 Å². The zero-order chi connectivity index (χ0) is 14.7. The molecule has 1 aromatic heterocycles. The van der Waals surface area contributed by atoms with Crippen LogP contribution < -0.4 is 5.32 Å². The van der Waals surface area contributed by atoms with Gasteiger partial charge in [-0.1, -0.05) is 30.3 Å². The number of likely N-dealkylation sites (tertiary alicyclic amines) is 1. The minimum atomic E-state index is -0.0327. The van der Waals surface area contributed by atoms with Crippen LogP contribution in [0.2, 0.25) is 0 Å². The highest BCUT2D eigenvalue weighted by Gasteiger charge is 2.24. The Morgan fingerprint density at radius 1 is 1.38 bits per heavy atom. The summed E-state index contributed by atoms with van der Waals surface area (Å²) in [4.78, 5) is 14.5. The van der Waals surface area contributed by atoms with Gasteiger partial charge < -0.3 is 5.32 Å². The van der Waals surface area contributed by atoms with Gasteiger partial charge in [-0.2, -0.15) is 5.10 Å². The van der Waals surface area contributed by atoms with Crippen molar-refractivity contribution in [3.05, 3.63) is 53.9 Å². The van der Waals surface area contributed by atoms with E-state index < -0.39 is 0 Å². The Hall–Kier alpha value is -2.14. The van der Waals surface area contributed by atoms with E-state index >= 15 is 0 Å². The van der Waals surface area contributed by atoms with Crippen LogP contribution in [0.5, 0.6) is 0 Å². The number of amides is 1. The number of benzene rings is 1. The first-order valence-electron chi connectivity index (χ1n) is 7.26. The van der Waals surface area contributed by atoms with E-state index in [4.69, 9.17) is 0 Å². The molecule has 3 rings (SSSR count). The van der Waals surface area contributed by atoms with Crippen LogP contribution >= 0.6 is 0 Å². The van der Waals surface area contributed by atoms with Gasteiger partial charge in [0, 0.05) is 38.9 Å². The third kappa shape index (κ3) is 3.49. The number of aryl methyl sites for hydroxylation is 1. The molecule has 1 aromatic carbocycles. The zero-order valence-electron chi connectivity index (χ0n) is 12.2. The Balaban J connectivity index is 1.52. The van der Waals surface area contributed by atoms with Crippen LogP contribution in [0.1, 0.15) is 22.3 Å². The van der Waals surface area contributed by atoms with E-state index in [1.807, 2.05) is 13.1 Å². The predicted molar refractivity (Wildman–Crippen MR) is 80.8 cm³/mol. The Bertz CT molecular complexity index is 608. The maximum absolute atomic E-state index is 12.1. The lowest BCUT2D eigenvalue weighted by Gasteiger charge is -2.16. The summed E-state index contributed by atoms with van der Waals surface area (Å²) in [5.74, 6) is -0.0327. The van der Waals surface area contributed by atoms with Crippen molar-refractivity contribution < 1.29 is 4.79 Å². The second kappa shape index (κ2) is 6.10. The second-order valence-electron chi connectivity index (χ2n) is 5.58. The van der Waals surface area contributed by atoms with Gasteiger partial charge in [0.1, 0.15) is 0 Å². The maximum atomic E-state index is 12.1. The van der Waals surface area contributed by atoms with Gasteiger partial charge in [-0.25, -0.2) is 0 Å². The molecular formula is C16H20N4O. The van der Waals surface area contributed by atoms with Crippen LogP contribution in [0.3, 0.4) is 0 Å². The van der Waals surface area contributed by atoms with Gasteiger partial charge in [0.15, 0.2) is 0 Å². The summed E-state index contributed by atoms with van der Waals surface area (Å²) in [5.41, 5.74) is 1.94. The Morgan fingerprint density at radius 3 is 2.90 bits per heavy atom. The highest BCUT2D eigenvalue weighted by atomic mass is 16.1. The molecular weight excluding hydrogens is 264 g/mol. The van der Waals surface area contributed by atoms with E-state index in [1.54, 1.807) is 17.1 Å². The van der Waals surface area contributed by atoms with Crippen LogP contribution in [0, 0.1) is 0 Å². The van der Waals surface area contributed by atoms with Gasteiger partial charge in [-0.05, 0) is 12.0 Å². The Labute approximate surface area is 124 Å². The van der Waals surface area contributed by atoms with E-state index in [0.717, 1.165) is 26.1 Å². The molecule has 5 nitrogen and oxygen atoms in total. The molecule has 1 atom stereocenters. The molecule has 110 valence electrons. The summed E-state index contributed by atoms with van der Waals surface area (Å²) in [6.07, 6.45) is 4.34. The van der Waals surface area contributed by atoms with E-state index in [1.165, 1.54) is 5.56 Å². The van der Waals surface area contributed by atoms with Gasteiger partial charge in [0.25, 0.3) is 5.91 Å². The SMILES string of the molecule is Cn1cc(C(=O)NC2CCN(Cc3ccccc3)C2)cn1. The average molecular weight is 284 g/mol. The fraction of sp³-hybridized carbons (Fsp3) is 0.375. The van der Waals surface area contributed by atoms with Gasteiger partial charge in [-0.3, -0.25) is 14.4 Å². The predicted octanol–water partition coefficient (Wildman–Crippen LogP) is 1.42. The quantitative estimate of drug-likeness (QED) is 0.924. The zero-order valence-corrected chi connectivity index (χ0v) is 12.2. The molecule has 0 spiro atoms. The number of nitrogens with zero attached hydrogens (tertiary/aromatic N) is 3. The lowest BCUT2D eigenvalue weighted by atomic mass is 10.2. The van der Waals surface area contributed by atoms with Crippen LogP contribution in [0.4, 0.5) is 0 Å². The summed E-state index contributed by atoms with van der Waals surface area (Å²) < 4.78 is 1.64. The molecule has 1 N–H and O–H groups in total. The lowest BCUT2D eigenvalue weighted by Crippen LogP contribution is -2.36. The lowest BCUT2D eigenvalue weighted by molar-refractivity contribution is 0.0937. The monoisotopic (exact) mass is 284 g/mol. The molecule has 0 aliphatic carbocycles. The van der Waals surface area contributed by atoms with Crippen molar-refractivity contribution in [3.63, 3.8) is 0 Å². The summed E-state index contributed by atoms with van der Waals surface area (Å²) in [5, 5.41) is 7.12. The van der Waals surface area contributed by atoms with Crippen molar-refractivity contribution in [1.29, 1.82) is 0 Å². The molecule has 21 heavy (non-hydrogen) atoms. The molecule has 2 heterocycles. The Kier molecular flexibility index (Phi) is 4.01. The smallest absolute Gasteiger partial charge is 0.254 e. The third-order valence-corrected chi connectivity index (χ3v) is 3.82. The van der Waals surface area contributed by atoms with Crippen molar-refractivity contribution >= 4 is 5.91 Å². The van der Waals surface area contributed by atoms with Crippen LogP contribution in [0.25, 0.3) is 0 Å². The molecule has 0 bridgehead atoms. The maximum Gasteiger partial charge on any atom is 0.254 e.